The van der Waals surface area contributed by atoms with Crippen molar-refractivity contribution in [3.05, 3.63) is 29.3 Å². The molecule has 5 heteroatoms. The molecule has 0 saturated heterocycles. The second-order valence-corrected chi connectivity index (χ2v) is 4.95. The van der Waals surface area contributed by atoms with Crippen molar-refractivity contribution in [2.24, 2.45) is 0 Å². The van der Waals surface area contributed by atoms with E-state index in [0.29, 0.717) is 6.42 Å². The third-order valence-corrected chi connectivity index (χ3v) is 3.47. The number of aromatic nitrogens is 1. The summed E-state index contributed by atoms with van der Waals surface area (Å²) in [5.74, 6) is -0.358. The molecular formula is C13H12N2O2S. The number of para-hydroxylation sites is 1. The highest BCUT2D eigenvalue weighted by Gasteiger charge is 2.10. The lowest BCUT2D eigenvalue weighted by molar-refractivity contribution is -0.145. The van der Waals surface area contributed by atoms with Gasteiger partial charge in [-0.15, -0.1) is 11.3 Å². The largest absolute Gasteiger partial charge is 0.447 e. The third-order valence-electron chi connectivity index (χ3n) is 2.37. The molecule has 0 N–H and O–H groups in total. The summed E-state index contributed by atoms with van der Waals surface area (Å²) in [5, 5.41) is 9.44. The van der Waals surface area contributed by atoms with Crippen LogP contribution in [0.3, 0.4) is 0 Å². The van der Waals surface area contributed by atoms with E-state index < -0.39 is 6.10 Å². The van der Waals surface area contributed by atoms with E-state index in [2.05, 4.69) is 4.98 Å². The van der Waals surface area contributed by atoms with Gasteiger partial charge >= 0.3 is 5.97 Å². The third kappa shape index (κ3) is 3.05. The van der Waals surface area contributed by atoms with Gasteiger partial charge in [-0.25, -0.2) is 4.98 Å². The van der Waals surface area contributed by atoms with Crippen LogP contribution >= 0.6 is 11.3 Å². The lowest BCUT2D eigenvalue weighted by atomic mass is 10.3. The van der Waals surface area contributed by atoms with Crippen LogP contribution in [-0.4, -0.2) is 17.1 Å². The van der Waals surface area contributed by atoms with E-state index in [1.807, 2.05) is 30.3 Å². The Labute approximate surface area is 109 Å². The molecule has 0 fully saturated rings. The fraction of sp³-hybridized carbons (Fsp3) is 0.308. The first-order chi connectivity index (χ1) is 8.69. The van der Waals surface area contributed by atoms with Gasteiger partial charge < -0.3 is 4.74 Å². The number of benzene rings is 1. The van der Waals surface area contributed by atoms with Crippen molar-refractivity contribution in [3.8, 4) is 6.07 Å². The summed E-state index contributed by atoms with van der Waals surface area (Å²) in [7, 11) is 0. The Morgan fingerprint density at radius 1 is 1.56 bits per heavy atom. The average molecular weight is 260 g/mol. The standard InChI is InChI=1S/C13H12N2O2S/c1-9(8-14)17-13(16)7-6-12-15-10-4-2-3-5-11(10)18-12/h2-5,9H,6-7H2,1H3/t9-/m1/s1. The fourth-order valence-electron chi connectivity index (χ4n) is 1.52. The quantitative estimate of drug-likeness (QED) is 0.793. The second kappa shape index (κ2) is 5.61. The number of hydrogen-bond donors (Lipinski definition) is 0. The molecule has 1 aromatic carbocycles. The molecule has 0 aliphatic carbocycles. The van der Waals surface area contributed by atoms with Gasteiger partial charge in [0.15, 0.2) is 6.10 Å². The van der Waals surface area contributed by atoms with Gasteiger partial charge in [-0.05, 0) is 19.1 Å². The van der Waals surface area contributed by atoms with Gasteiger partial charge in [0.2, 0.25) is 0 Å². The van der Waals surface area contributed by atoms with Crippen molar-refractivity contribution in [2.75, 3.05) is 0 Å². The van der Waals surface area contributed by atoms with Crippen molar-refractivity contribution in [3.63, 3.8) is 0 Å². The first-order valence-corrected chi connectivity index (χ1v) is 6.44. The Morgan fingerprint density at radius 2 is 2.33 bits per heavy atom. The van der Waals surface area contributed by atoms with Crippen LogP contribution < -0.4 is 0 Å². The predicted molar refractivity (Wildman–Crippen MR) is 69.1 cm³/mol. The summed E-state index contributed by atoms with van der Waals surface area (Å²) >= 11 is 1.58. The van der Waals surface area contributed by atoms with Crippen LogP contribution in [0, 0.1) is 11.3 Å². The molecule has 0 spiro atoms. The SMILES string of the molecule is C[C@H](C#N)OC(=O)CCc1nc2ccccc2s1. The summed E-state index contributed by atoms with van der Waals surface area (Å²) < 4.78 is 5.99. The van der Waals surface area contributed by atoms with E-state index in [4.69, 9.17) is 10.00 Å². The predicted octanol–water partition coefficient (Wildman–Crippen LogP) is 2.68. The number of rotatable bonds is 4. The minimum absolute atomic E-state index is 0.256. The molecule has 0 bridgehead atoms. The molecule has 1 aromatic heterocycles. The van der Waals surface area contributed by atoms with Gasteiger partial charge in [0.05, 0.1) is 21.6 Å². The maximum Gasteiger partial charge on any atom is 0.307 e. The van der Waals surface area contributed by atoms with Crippen LogP contribution in [0.15, 0.2) is 24.3 Å². The molecule has 0 radical (unpaired) electrons. The zero-order chi connectivity index (χ0) is 13.0. The van der Waals surface area contributed by atoms with Crippen molar-refractivity contribution in [2.45, 2.75) is 25.9 Å². The van der Waals surface area contributed by atoms with Crippen LogP contribution in [0.25, 0.3) is 10.2 Å². The maximum absolute atomic E-state index is 11.4. The van der Waals surface area contributed by atoms with Crippen LogP contribution in [0.5, 0.6) is 0 Å². The number of thiazole rings is 1. The van der Waals surface area contributed by atoms with Crippen molar-refractivity contribution in [1.29, 1.82) is 5.26 Å². The molecule has 1 atom stereocenters. The molecule has 92 valence electrons. The van der Waals surface area contributed by atoms with E-state index in [1.54, 1.807) is 18.3 Å². The number of hydrogen-bond acceptors (Lipinski definition) is 5. The number of aryl methyl sites for hydroxylation is 1. The Bertz CT molecular complexity index is 567. The Balaban J connectivity index is 1.94. The Morgan fingerprint density at radius 3 is 3.06 bits per heavy atom. The summed E-state index contributed by atoms with van der Waals surface area (Å²) in [6, 6.07) is 9.72. The molecule has 2 aromatic rings. The highest BCUT2D eigenvalue weighted by molar-refractivity contribution is 7.18. The van der Waals surface area contributed by atoms with Gasteiger partial charge in [-0.3, -0.25) is 4.79 Å². The topological polar surface area (TPSA) is 63.0 Å². The lowest BCUT2D eigenvalue weighted by Gasteiger charge is -2.04. The minimum Gasteiger partial charge on any atom is -0.447 e. The smallest absolute Gasteiger partial charge is 0.307 e. The van der Waals surface area contributed by atoms with E-state index in [9.17, 15) is 4.79 Å². The average Bonchev–Trinajstić information content (AvgIpc) is 2.79. The van der Waals surface area contributed by atoms with Crippen LogP contribution in [0.2, 0.25) is 0 Å². The first kappa shape index (κ1) is 12.5. The number of carbonyl (C=O) groups is 1. The number of nitrogens with zero attached hydrogens (tertiary/aromatic N) is 2. The van der Waals surface area contributed by atoms with Crippen molar-refractivity contribution < 1.29 is 9.53 Å². The number of fused-ring (bicyclic) bond motifs is 1. The van der Waals surface area contributed by atoms with E-state index in [0.717, 1.165) is 15.2 Å². The minimum atomic E-state index is -0.687. The number of nitriles is 1. The molecule has 0 aliphatic rings. The zero-order valence-electron chi connectivity index (χ0n) is 9.92. The van der Waals surface area contributed by atoms with Crippen molar-refractivity contribution in [1.82, 2.24) is 4.98 Å². The summed E-state index contributed by atoms with van der Waals surface area (Å²) in [4.78, 5) is 15.8. The summed E-state index contributed by atoms with van der Waals surface area (Å²) in [6.45, 7) is 1.55. The molecule has 0 unspecified atom stereocenters. The summed E-state index contributed by atoms with van der Waals surface area (Å²) in [5.41, 5.74) is 0.955. The van der Waals surface area contributed by atoms with Gasteiger partial charge in [-0.1, -0.05) is 12.1 Å². The van der Waals surface area contributed by atoms with E-state index >= 15 is 0 Å². The van der Waals surface area contributed by atoms with Gasteiger partial charge in [-0.2, -0.15) is 5.26 Å². The fourth-order valence-corrected chi connectivity index (χ4v) is 2.49. The van der Waals surface area contributed by atoms with Gasteiger partial charge in [0.1, 0.15) is 6.07 Å². The lowest BCUT2D eigenvalue weighted by Crippen LogP contribution is -2.13. The zero-order valence-corrected chi connectivity index (χ0v) is 10.7. The Kier molecular flexibility index (Phi) is 3.90. The van der Waals surface area contributed by atoms with Gasteiger partial charge in [0, 0.05) is 6.42 Å². The highest BCUT2D eigenvalue weighted by Crippen LogP contribution is 2.22. The number of carbonyl (C=O) groups excluding carboxylic acids is 1. The van der Waals surface area contributed by atoms with Crippen LogP contribution in [0.1, 0.15) is 18.4 Å². The molecule has 0 amide bonds. The highest BCUT2D eigenvalue weighted by atomic mass is 32.1. The maximum atomic E-state index is 11.4. The van der Waals surface area contributed by atoms with Crippen LogP contribution in [0.4, 0.5) is 0 Å². The number of esters is 1. The monoisotopic (exact) mass is 260 g/mol. The molecule has 4 nitrogen and oxygen atoms in total. The normalized spacial score (nSPS) is 12.0. The van der Waals surface area contributed by atoms with Gasteiger partial charge in [0.25, 0.3) is 0 Å². The molecular weight excluding hydrogens is 248 g/mol. The second-order valence-electron chi connectivity index (χ2n) is 3.84. The molecule has 2 rings (SSSR count). The molecule has 0 saturated carbocycles. The number of ether oxygens (including phenoxy) is 1. The van der Waals surface area contributed by atoms with E-state index in [-0.39, 0.29) is 12.4 Å². The van der Waals surface area contributed by atoms with Crippen LogP contribution in [-0.2, 0) is 16.0 Å². The first-order valence-electron chi connectivity index (χ1n) is 5.62. The molecule has 0 aliphatic heterocycles. The Hall–Kier alpha value is -1.93. The molecule has 1 heterocycles. The van der Waals surface area contributed by atoms with Crippen molar-refractivity contribution >= 4 is 27.5 Å². The molecule has 18 heavy (non-hydrogen) atoms. The summed E-state index contributed by atoms with van der Waals surface area (Å²) in [6.07, 6.45) is 0.121. The van der Waals surface area contributed by atoms with E-state index in [1.165, 1.54) is 0 Å².